The van der Waals surface area contributed by atoms with Crippen LogP contribution in [0.3, 0.4) is 0 Å². The van der Waals surface area contributed by atoms with Crippen LogP contribution in [0.2, 0.25) is 0 Å². The van der Waals surface area contributed by atoms with Gasteiger partial charge in [-0.1, -0.05) is 29.8 Å². The fraction of sp³-hybridized carbons (Fsp3) is 0.222. The van der Waals surface area contributed by atoms with Crippen LogP contribution in [0.5, 0.6) is 0 Å². The minimum Gasteiger partial charge on any atom is -0.349 e. The van der Waals surface area contributed by atoms with Gasteiger partial charge in [0.25, 0.3) is 11.8 Å². The summed E-state index contributed by atoms with van der Waals surface area (Å²) >= 11 is 0. The lowest BCUT2D eigenvalue weighted by Crippen LogP contribution is -2.27. The number of anilines is 1. The highest BCUT2D eigenvalue weighted by Crippen LogP contribution is 2.22. The van der Waals surface area contributed by atoms with Crippen LogP contribution >= 0.6 is 0 Å². The maximum Gasteiger partial charge on any atom is 0.255 e. The van der Waals surface area contributed by atoms with E-state index in [-0.39, 0.29) is 17.9 Å². The van der Waals surface area contributed by atoms with Crippen molar-refractivity contribution in [2.24, 2.45) is 0 Å². The molecule has 112 valence electrons. The van der Waals surface area contributed by atoms with E-state index in [1.807, 2.05) is 19.1 Å². The Hall–Kier alpha value is -2.62. The number of benzene rings is 2. The van der Waals surface area contributed by atoms with E-state index < -0.39 is 0 Å². The van der Waals surface area contributed by atoms with E-state index in [2.05, 4.69) is 10.6 Å². The molecule has 0 bridgehead atoms. The van der Waals surface area contributed by atoms with Crippen LogP contribution in [0.4, 0.5) is 5.69 Å². The third-order valence-electron chi connectivity index (χ3n) is 3.65. The molecule has 1 fully saturated rings. The number of carbonyl (C=O) groups is 2. The summed E-state index contributed by atoms with van der Waals surface area (Å²) in [6.45, 7) is 1.97. The fourth-order valence-corrected chi connectivity index (χ4v) is 2.18. The summed E-state index contributed by atoms with van der Waals surface area (Å²) in [5, 5.41) is 5.76. The molecule has 2 N–H and O–H groups in total. The fourth-order valence-electron chi connectivity index (χ4n) is 2.18. The molecule has 2 aromatic rings. The molecule has 2 amide bonds. The van der Waals surface area contributed by atoms with Crippen LogP contribution in [0.15, 0.2) is 48.5 Å². The maximum atomic E-state index is 12.3. The molecule has 0 saturated heterocycles. The molecule has 4 heteroatoms. The van der Waals surface area contributed by atoms with Crippen LogP contribution in [0.25, 0.3) is 0 Å². The molecule has 0 spiro atoms. The minimum absolute atomic E-state index is 0.137. The predicted molar refractivity (Wildman–Crippen MR) is 86.1 cm³/mol. The third-order valence-corrected chi connectivity index (χ3v) is 3.65. The van der Waals surface area contributed by atoms with Crippen molar-refractivity contribution in [3.63, 3.8) is 0 Å². The van der Waals surface area contributed by atoms with Crippen molar-refractivity contribution in [1.82, 2.24) is 5.32 Å². The summed E-state index contributed by atoms with van der Waals surface area (Å²) in [6, 6.07) is 14.7. The van der Waals surface area contributed by atoms with E-state index in [0.717, 1.165) is 18.4 Å². The van der Waals surface area contributed by atoms with Crippen LogP contribution in [-0.2, 0) is 0 Å². The highest BCUT2D eigenvalue weighted by Gasteiger charge is 2.25. The van der Waals surface area contributed by atoms with Crippen LogP contribution in [-0.4, -0.2) is 17.9 Å². The second-order valence-corrected chi connectivity index (χ2v) is 5.61. The van der Waals surface area contributed by atoms with Crippen molar-refractivity contribution in [3.05, 3.63) is 65.2 Å². The first kappa shape index (κ1) is 14.3. The van der Waals surface area contributed by atoms with Gasteiger partial charge < -0.3 is 10.6 Å². The molecular formula is C18H18N2O2. The summed E-state index contributed by atoms with van der Waals surface area (Å²) in [6.07, 6.45) is 2.06. The standard InChI is InChI=1S/C18H18N2O2/c1-12-6-8-13(9-7-12)17(21)20-16-5-3-2-4-15(16)18(22)19-14-10-11-14/h2-9,14H,10-11H2,1H3,(H,19,22)(H,20,21). The predicted octanol–water partition coefficient (Wildman–Crippen LogP) is 3.14. The van der Waals surface area contributed by atoms with Crippen molar-refractivity contribution >= 4 is 17.5 Å². The monoisotopic (exact) mass is 294 g/mol. The van der Waals surface area contributed by atoms with Gasteiger partial charge in [0.15, 0.2) is 0 Å². The molecule has 0 aromatic heterocycles. The van der Waals surface area contributed by atoms with Gasteiger partial charge in [-0.2, -0.15) is 0 Å². The van der Waals surface area contributed by atoms with Gasteiger partial charge in [-0.05, 0) is 44.0 Å². The van der Waals surface area contributed by atoms with Gasteiger partial charge in [-0.25, -0.2) is 0 Å². The molecule has 1 aliphatic rings. The summed E-state index contributed by atoms with van der Waals surface area (Å²) in [4.78, 5) is 24.5. The Labute approximate surface area is 129 Å². The Morgan fingerprint density at radius 1 is 0.955 bits per heavy atom. The summed E-state index contributed by atoms with van der Waals surface area (Å²) in [5.41, 5.74) is 2.70. The molecule has 0 aliphatic heterocycles. The molecule has 1 saturated carbocycles. The number of hydrogen-bond acceptors (Lipinski definition) is 2. The molecule has 4 nitrogen and oxygen atoms in total. The van der Waals surface area contributed by atoms with Gasteiger partial charge in [0.05, 0.1) is 11.3 Å². The minimum atomic E-state index is -0.216. The second kappa shape index (κ2) is 6.02. The van der Waals surface area contributed by atoms with Gasteiger partial charge >= 0.3 is 0 Å². The lowest BCUT2D eigenvalue weighted by Gasteiger charge is -2.11. The molecule has 22 heavy (non-hydrogen) atoms. The van der Waals surface area contributed by atoms with E-state index in [4.69, 9.17) is 0 Å². The first-order valence-corrected chi connectivity index (χ1v) is 7.41. The second-order valence-electron chi connectivity index (χ2n) is 5.61. The smallest absolute Gasteiger partial charge is 0.255 e. The molecule has 2 aromatic carbocycles. The molecule has 0 heterocycles. The molecule has 3 rings (SSSR count). The van der Waals surface area contributed by atoms with Crippen LogP contribution < -0.4 is 10.6 Å². The quantitative estimate of drug-likeness (QED) is 0.910. The van der Waals surface area contributed by atoms with Crippen molar-refractivity contribution in [2.45, 2.75) is 25.8 Å². The van der Waals surface area contributed by atoms with Crippen molar-refractivity contribution in [2.75, 3.05) is 5.32 Å². The zero-order valence-electron chi connectivity index (χ0n) is 12.4. The third kappa shape index (κ3) is 3.34. The summed E-state index contributed by atoms with van der Waals surface area (Å²) in [5.74, 6) is -0.353. The highest BCUT2D eigenvalue weighted by molar-refractivity contribution is 6.09. The largest absolute Gasteiger partial charge is 0.349 e. The Bertz CT molecular complexity index is 703. The van der Waals surface area contributed by atoms with Gasteiger partial charge in [0.1, 0.15) is 0 Å². The van der Waals surface area contributed by atoms with Gasteiger partial charge in [-0.3, -0.25) is 9.59 Å². The Kier molecular flexibility index (Phi) is 3.92. The molecule has 0 unspecified atom stereocenters. The molecule has 0 atom stereocenters. The number of rotatable bonds is 4. The molecule has 1 aliphatic carbocycles. The van der Waals surface area contributed by atoms with E-state index in [0.29, 0.717) is 16.8 Å². The average molecular weight is 294 g/mol. The number of carbonyl (C=O) groups excluding carboxylic acids is 2. The molecular weight excluding hydrogens is 276 g/mol. The van der Waals surface area contributed by atoms with Gasteiger partial charge in [-0.15, -0.1) is 0 Å². The van der Waals surface area contributed by atoms with Gasteiger partial charge in [0, 0.05) is 11.6 Å². The lowest BCUT2D eigenvalue weighted by molar-refractivity contribution is 0.0952. The summed E-state index contributed by atoms with van der Waals surface area (Å²) < 4.78 is 0. The average Bonchev–Trinajstić information content (AvgIpc) is 3.32. The zero-order valence-corrected chi connectivity index (χ0v) is 12.4. The normalized spacial score (nSPS) is 13.5. The van der Waals surface area contributed by atoms with E-state index in [1.165, 1.54) is 0 Å². The number of nitrogens with one attached hydrogen (secondary N) is 2. The van der Waals surface area contributed by atoms with Crippen LogP contribution in [0.1, 0.15) is 39.1 Å². The van der Waals surface area contributed by atoms with E-state index in [1.54, 1.807) is 36.4 Å². The summed E-state index contributed by atoms with van der Waals surface area (Å²) in [7, 11) is 0. The SMILES string of the molecule is Cc1ccc(C(=O)Nc2ccccc2C(=O)NC2CC2)cc1. The Balaban J connectivity index is 1.78. The highest BCUT2D eigenvalue weighted by atomic mass is 16.2. The number of aryl methyl sites for hydroxylation is 1. The Morgan fingerprint density at radius 3 is 2.32 bits per heavy atom. The van der Waals surface area contributed by atoms with Crippen LogP contribution in [0, 0.1) is 6.92 Å². The lowest BCUT2D eigenvalue weighted by atomic mass is 10.1. The van der Waals surface area contributed by atoms with Crippen molar-refractivity contribution in [3.8, 4) is 0 Å². The molecule has 0 radical (unpaired) electrons. The first-order valence-electron chi connectivity index (χ1n) is 7.41. The zero-order chi connectivity index (χ0) is 15.5. The van der Waals surface area contributed by atoms with Crippen molar-refractivity contribution < 1.29 is 9.59 Å². The van der Waals surface area contributed by atoms with E-state index in [9.17, 15) is 9.59 Å². The van der Waals surface area contributed by atoms with E-state index >= 15 is 0 Å². The van der Waals surface area contributed by atoms with Crippen molar-refractivity contribution in [1.29, 1.82) is 0 Å². The Morgan fingerprint density at radius 2 is 1.64 bits per heavy atom. The maximum absolute atomic E-state index is 12.3. The number of para-hydroxylation sites is 1. The number of hydrogen-bond donors (Lipinski definition) is 2. The number of amides is 2. The van der Waals surface area contributed by atoms with Gasteiger partial charge in [0.2, 0.25) is 0 Å². The first-order chi connectivity index (χ1) is 10.6. The topological polar surface area (TPSA) is 58.2 Å².